The van der Waals surface area contributed by atoms with Crippen LogP contribution in [0.15, 0.2) is 18.2 Å². The predicted octanol–water partition coefficient (Wildman–Crippen LogP) is 1.33. The van der Waals surface area contributed by atoms with Crippen molar-refractivity contribution in [3.05, 3.63) is 29.3 Å². The van der Waals surface area contributed by atoms with E-state index in [0.717, 1.165) is 11.1 Å². The van der Waals surface area contributed by atoms with Gasteiger partial charge in [-0.2, -0.15) is 0 Å². The molecular formula is C11H16ClNO3. The molecule has 0 saturated carbocycles. The second-order valence-electron chi connectivity index (χ2n) is 3.47. The van der Waals surface area contributed by atoms with Crippen molar-refractivity contribution in [1.29, 1.82) is 0 Å². The summed E-state index contributed by atoms with van der Waals surface area (Å²) in [6, 6.07) is 4.16. The number of nitrogens with two attached hydrogens (primary N) is 1. The van der Waals surface area contributed by atoms with Crippen LogP contribution in [0.2, 0.25) is 0 Å². The first kappa shape index (κ1) is 14.7. The fraction of sp³-hybridized carbons (Fsp3) is 0.364. The third kappa shape index (κ3) is 3.72. The molecule has 1 aromatic carbocycles. The van der Waals surface area contributed by atoms with Crippen LogP contribution in [0.3, 0.4) is 0 Å². The van der Waals surface area contributed by atoms with Gasteiger partial charge in [-0.15, -0.1) is 12.4 Å². The number of carboxylic acid groups (broad SMARTS) is 1. The highest BCUT2D eigenvalue weighted by Gasteiger charge is 2.12. The molecule has 0 aliphatic rings. The fourth-order valence-corrected chi connectivity index (χ4v) is 1.39. The fourth-order valence-electron chi connectivity index (χ4n) is 1.39. The van der Waals surface area contributed by atoms with E-state index in [9.17, 15) is 9.90 Å². The Bertz CT molecular complexity index is 368. The van der Waals surface area contributed by atoms with Crippen LogP contribution in [0.1, 0.15) is 18.1 Å². The molecule has 0 aliphatic carbocycles. The lowest BCUT2D eigenvalue weighted by molar-refractivity contribution is -0.138. The summed E-state index contributed by atoms with van der Waals surface area (Å²) in [6.07, 6.45) is 0.991. The van der Waals surface area contributed by atoms with Crippen molar-refractivity contribution in [2.24, 2.45) is 5.73 Å². The summed E-state index contributed by atoms with van der Waals surface area (Å²) in [6.45, 7) is 1.93. The zero-order valence-electron chi connectivity index (χ0n) is 9.01. The number of carboxylic acids is 1. The number of halogens is 1. The lowest BCUT2D eigenvalue weighted by Crippen LogP contribution is -2.32. The highest BCUT2D eigenvalue weighted by atomic mass is 35.5. The molecule has 4 N–H and O–H groups in total. The van der Waals surface area contributed by atoms with Crippen molar-refractivity contribution in [3.63, 3.8) is 0 Å². The minimum absolute atomic E-state index is 0. The summed E-state index contributed by atoms with van der Waals surface area (Å²) in [5.74, 6) is -0.772. The van der Waals surface area contributed by atoms with Crippen LogP contribution in [0, 0.1) is 0 Å². The number of phenolic OH excluding ortho intramolecular Hbond substituents is 1. The Morgan fingerprint density at radius 1 is 1.50 bits per heavy atom. The lowest BCUT2D eigenvalue weighted by atomic mass is 10.0. The van der Waals surface area contributed by atoms with Crippen LogP contribution >= 0.6 is 12.4 Å². The van der Waals surface area contributed by atoms with Gasteiger partial charge in [0.15, 0.2) is 0 Å². The summed E-state index contributed by atoms with van der Waals surface area (Å²) in [5, 5.41) is 18.1. The maximum atomic E-state index is 10.6. The third-order valence-corrected chi connectivity index (χ3v) is 2.30. The van der Waals surface area contributed by atoms with E-state index in [1.54, 1.807) is 18.2 Å². The smallest absolute Gasteiger partial charge is 0.320 e. The maximum Gasteiger partial charge on any atom is 0.320 e. The Morgan fingerprint density at radius 2 is 2.12 bits per heavy atom. The van der Waals surface area contributed by atoms with Crippen molar-refractivity contribution in [2.75, 3.05) is 0 Å². The Morgan fingerprint density at radius 3 is 2.62 bits per heavy atom. The van der Waals surface area contributed by atoms with E-state index in [0.29, 0.717) is 6.42 Å². The van der Waals surface area contributed by atoms with Gasteiger partial charge in [0, 0.05) is 0 Å². The summed E-state index contributed by atoms with van der Waals surface area (Å²) in [7, 11) is 0. The highest BCUT2D eigenvalue weighted by Crippen LogP contribution is 2.19. The molecule has 0 bridgehead atoms. The molecule has 1 rings (SSSR count). The predicted molar refractivity (Wildman–Crippen MR) is 64.0 cm³/mol. The average molecular weight is 246 g/mol. The van der Waals surface area contributed by atoms with Gasteiger partial charge in [0.1, 0.15) is 11.8 Å². The van der Waals surface area contributed by atoms with Gasteiger partial charge in [-0.1, -0.05) is 19.1 Å². The van der Waals surface area contributed by atoms with Gasteiger partial charge in [-0.25, -0.2) is 0 Å². The van der Waals surface area contributed by atoms with Crippen molar-refractivity contribution in [3.8, 4) is 5.75 Å². The monoisotopic (exact) mass is 245 g/mol. The Kier molecular flexibility index (Phi) is 5.85. The van der Waals surface area contributed by atoms with Crippen LogP contribution in [0.25, 0.3) is 0 Å². The minimum atomic E-state index is -1.01. The molecule has 4 nitrogen and oxygen atoms in total. The van der Waals surface area contributed by atoms with Gasteiger partial charge in [-0.05, 0) is 30.0 Å². The average Bonchev–Trinajstić information content (AvgIpc) is 2.20. The number of aryl methyl sites for hydroxylation is 1. The van der Waals surface area contributed by atoms with E-state index >= 15 is 0 Å². The normalized spacial score (nSPS) is 11.6. The van der Waals surface area contributed by atoms with Crippen molar-refractivity contribution < 1.29 is 15.0 Å². The Labute approximate surface area is 100 Å². The lowest BCUT2D eigenvalue weighted by Gasteiger charge is -2.08. The molecule has 0 aliphatic heterocycles. The molecule has 0 unspecified atom stereocenters. The Hall–Kier alpha value is -1.26. The van der Waals surface area contributed by atoms with Gasteiger partial charge in [0.25, 0.3) is 0 Å². The topological polar surface area (TPSA) is 83.6 Å². The van der Waals surface area contributed by atoms with Crippen LogP contribution in [-0.2, 0) is 17.6 Å². The van der Waals surface area contributed by atoms with Crippen molar-refractivity contribution >= 4 is 18.4 Å². The number of aliphatic carboxylic acids is 1. The Balaban J connectivity index is 0.00000225. The molecule has 0 radical (unpaired) electrons. The maximum absolute atomic E-state index is 10.6. The zero-order chi connectivity index (χ0) is 11.4. The van der Waals surface area contributed by atoms with Gasteiger partial charge in [0.05, 0.1) is 0 Å². The van der Waals surface area contributed by atoms with Crippen LogP contribution < -0.4 is 5.73 Å². The number of phenols is 1. The second-order valence-corrected chi connectivity index (χ2v) is 3.47. The first-order chi connectivity index (χ1) is 7.04. The molecule has 90 valence electrons. The molecule has 5 heteroatoms. The number of hydrogen-bond acceptors (Lipinski definition) is 3. The van der Waals surface area contributed by atoms with Crippen LogP contribution in [0.5, 0.6) is 5.75 Å². The standard InChI is InChI=1S/C11H15NO3.ClH/c1-2-8-5-7(3-4-10(8)13)6-9(12)11(14)15;/h3-5,9,13H,2,6,12H2,1H3,(H,14,15);1H/t9-;/m0./s1. The van der Waals surface area contributed by atoms with Gasteiger partial charge in [0.2, 0.25) is 0 Å². The number of carbonyl (C=O) groups is 1. The molecule has 0 fully saturated rings. The first-order valence-electron chi connectivity index (χ1n) is 4.83. The number of hydrogen-bond donors (Lipinski definition) is 3. The summed E-state index contributed by atoms with van der Waals surface area (Å²) in [5.41, 5.74) is 7.06. The van der Waals surface area contributed by atoms with Gasteiger partial charge >= 0.3 is 5.97 Å². The minimum Gasteiger partial charge on any atom is -0.508 e. The molecule has 0 amide bonds. The molecule has 1 aromatic rings. The number of aromatic hydroxyl groups is 1. The second kappa shape index (κ2) is 6.35. The molecule has 0 spiro atoms. The van der Waals surface area contributed by atoms with E-state index in [1.807, 2.05) is 6.92 Å². The molecule has 0 heterocycles. The van der Waals surface area contributed by atoms with Crippen molar-refractivity contribution in [2.45, 2.75) is 25.8 Å². The molecular weight excluding hydrogens is 230 g/mol. The SMILES string of the molecule is CCc1cc(C[C@H](N)C(=O)O)ccc1O.Cl. The molecule has 0 aromatic heterocycles. The molecule has 16 heavy (non-hydrogen) atoms. The molecule has 1 atom stereocenters. The summed E-state index contributed by atoms with van der Waals surface area (Å²) in [4.78, 5) is 10.6. The van der Waals surface area contributed by atoms with Crippen molar-refractivity contribution in [1.82, 2.24) is 0 Å². The third-order valence-electron chi connectivity index (χ3n) is 2.30. The quantitative estimate of drug-likeness (QED) is 0.747. The van der Waals surface area contributed by atoms with Gasteiger partial charge in [-0.3, -0.25) is 4.79 Å². The van der Waals surface area contributed by atoms with E-state index in [1.165, 1.54) is 0 Å². The summed E-state index contributed by atoms with van der Waals surface area (Å²) < 4.78 is 0. The highest BCUT2D eigenvalue weighted by molar-refractivity contribution is 5.85. The van der Waals surface area contributed by atoms with E-state index in [-0.39, 0.29) is 24.6 Å². The van der Waals surface area contributed by atoms with Crippen LogP contribution in [-0.4, -0.2) is 22.2 Å². The van der Waals surface area contributed by atoms with Gasteiger partial charge < -0.3 is 15.9 Å². The summed E-state index contributed by atoms with van der Waals surface area (Å²) >= 11 is 0. The largest absolute Gasteiger partial charge is 0.508 e. The van der Waals surface area contributed by atoms with E-state index < -0.39 is 12.0 Å². The van der Waals surface area contributed by atoms with E-state index in [4.69, 9.17) is 10.8 Å². The molecule has 0 saturated heterocycles. The zero-order valence-corrected chi connectivity index (χ0v) is 9.83. The van der Waals surface area contributed by atoms with E-state index in [2.05, 4.69) is 0 Å². The first-order valence-corrected chi connectivity index (χ1v) is 4.83. The van der Waals surface area contributed by atoms with Crippen LogP contribution in [0.4, 0.5) is 0 Å². The number of benzene rings is 1. The number of rotatable bonds is 4.